The topological polar surface area (TPSA) is 39.9 Å². The van der Waals surface area contributed by atoms with E-state index in [-0.39, 0.29) is 0 Å². The summed E-state index contributed by atoms with van der Waals surface area (Å²) in [6.07, 6.45) is 0. The van der Waals surface area contributed by atoms with Crippen molar-refractivity contribution in [3.05, 3.63) is 82.0 Å². The molecule has 136 valence electrons. The minimum atomic E-state index is 0.437. The maximum absolute atomic E-state index is 5.94. The van der Waals surface area contributed by atoms with Gasteiger partial charge < -0.3 is 4.74 Å². The summed E-state index contributed by atoms with van der Waals surface area (Å²) in [4.78, 5) is 4.74. The summed E-state index contributed by atoms with van der Waals surface area (Å²) in [5, 5.41) is 6.48. The number of rotatable bonds is 4. The molecule has 0 fully saturated rings. The Kier molecular flexibility index (Phi) is 4.58. The van der Waals surface area contributed by atoms with Gasteiger partial charge in [0.05, 0.1) is 11.4 Å². The molecule has 0 saturated carbocycles. The van der Waals surface area contributed by atoms with Crippen LogP contribution in [0.2, 0.25) is 5.02 Å². The zero-order valence-corrected chi connectivity index (χ0v) is 16.3. The Morgan fingerprint density at radius 1 is 0.963 bits per heavy atom. The van der Waals surface area contributed by atoms with E-state index in [1.165, 1.54) is 5.56 Å². The number of hydrogen-bond acceptors (Lipinski definition) is 3. The van der Waals surface area contributed by atoms with Crippen molar-refractivity contribution in [1.82, 2.24) is 14.8 Å². The quantitative estimate of drug-likeness (QED) is 0.466. The molecule has 0 aliphatic rings. The number of hydrogen-bond donors (Lipinski definition) is 0. The van der Waals surface area contributed by atoms with Crippen LogP contribution >= 0.6 is 11.6 Å². The largest absolute Gasteiger partial charge is 0.473 e. The molecule has 2 heterocycles. The molecule has 0 atom stereocenters. The SMILES string of the molecule is Cc1ccc(-n2nc(C)c3c(C)cc(OCc4ccc(Cl)cc4)nc32)cc1. The van der Waals surface area contributed by atoms with E-state index in [0.717, 1.165) is 33.5 Å². The molecule has 0 aliphatic heterocycles. The summed E-state index contributed by atoms with van der Waals surface area (Å²) in [5.41, 5.74) is 6.11. The van der Waals surface area contributed by atoms with E-state index in [2.05, 4.69) is 38.1 Å². The highest BCUT2D eigenvalue weighted by molar-refractivity contribution is 6.30. The lowest BCUT2D eigenvalue weighted by atomic mass is 10.1. The van der Waals surface area contributed by atoms with Crippen LogP contribution in [-0.2, 0) is 6.61 Å². The fourth-order valence-electron chi connectivity index (χ4n) is 3.15. The lowest BCUT2D eigenvalue weighted by molar-refractivity contribution is 0.294. The lowest BCUT2D eigenvalue weighted by Crippen LogP contribution is -2.01. The van der Waals surface area contributed by atoms with Gasteiger partial charge in [-0.1, -0.05) is 41.4 Å². The van der Waals surface area contributed by atoms with Gasteiger partial charge >= 0.3 is 0 Å². The summed E-state index contributed by atoms with van der Waals surface area (Å²) in [6.45, 7) is 6.58. The molecule has 0 radical (unpaired) electrons. The smallest absolute Gasteiger partial charge is 0.215 e. The first-order valence-electron chi connectivity index (χ1n) is 8.82. The molecular weight excluding hydrogens is 358 g/mol. The van der Waals surface area contributed by atoms with Crippen LogP contribution in [0.15, 0.2) is 54.6 Å². The summed E-state index contributed by atoms with van der Waals surface area (Å²) < 4.78 is 7.83. The second kappa shape index (κ2) is 7.05. The molecule has 2 aromatic heterocycles. The Morgan fingerprint density at radius 3 is 2.37 bits per heavy atom. The van der Waals surface area contributed by atoms with E-state index in [0.29, 0.717) is 17.5 Å². The van der Waals surface area contributed by atoms with Crippen LogP contribution in [0.3, 0.4) is 0 Å². The second-order valence-corrected chi connectivity index (χ2v) is 7.16. The van der Waals surface area contributed by atoms with Crippen LogP contribution in [0.4, 0.5) is 0 Å². The maximum Gasteiger partial charge on any atom is 0.215 e. The van der Waals surface area contributed by atoms with Gasteiger partial charge in [0.1, 0.15) is 6.61 Å². The minimum Gasteiger partial charge on any atom is -0.473 e. The van der Waals surface area contributed by atoms with Gasteiger partial charge in [0.2, 0.25) is 5.88 Å². The standard InChI is InChI=1S/C22H20ClN3O/c1-14-4-10-19(11-5-14)26-22-21(16(3)25-26)15(2)12-20(24-22)27-13-17-6-8-18(23)9-7-17/h4-12H,13H2,1-3H3. The average Bonchev–Trinajstić information content (AvgIpc) is 2.99. The number of aryl methyl sites for hydroxylation is 3. The zero-order valence-electron chi connectivity index (χ0n) is 15.5. The monoisotopic (exact) mass is 377 g/mol. The van der Waals surface area contributed by atoms with Gasteiger partial charge in [-0.25, -0.2) is 4.68 Å². The highest BCUT2D eigenvalue weighted by Crippen LogP contribution is 2.27. The van der Waals surface area contributed by atoms with E-state index in [1.54, 1.807) is 0 Å². The molecule has 0 bridgehead atoms. The van der Waals surface area contributed by atoms with Gasteiger partial charge in [0, 0.05) is 16.5 Å². The predicted octanol–water partition coefficient (Wildman–Crippen LogP) is 5.58. The molecule has 0 unspecified atom stereocenters. The van der Waals surface area contributed by atoms with E-state index in [1.807, 2.05) is 41.9 Å². The zero-order chi connectivity index (χ0) is 19.0. The normalized spacial score (nSPS) is 11.1. The highest BCUT2D eigenvalue weighted by Gasteiger charge is 2.15. The first-order valence-corrected chi connectivity index (χ1v) is 9.20. The Morgan fingerprint density at radius 2 is 1.67 bits per heavy atom. The van der Waals surface area contributed by atoms with Crippen LogP contribution in [-0.4, -0.2) is 14.8 Å². The number of pyridine rings is 1. The van der Waals surface area contributed by atoms with E-state index >= 15 is 0 Å². The van der Waals surface area contributed by atoms with Crippen molar-refractivity contribution in [1.29, 1.82) is 0 Å². The lowest BCUT2D eigenvalue weighted by Gasteiger charge is -2.09. The van der Waals surface area contributed by atoms with E-state index < -0.39 is 0 Å². The van der Waals surface area contributed by atoms with Crippen LogP contribution in [0, 0.1) is 20.8 Å². The third kappa shape index (κ3) is 3.53. The average molecular weight is 378 g/mol. The van der Waals surface area contributed by atoms with E-state index in [9.17, 15) is 0 Å². The molecule has 0 aliphatic carbocycles. The molecule has 27 heavy (non-hydrogen) atoms. The van der Waals surface area contributed by atoms with Gasteiger partial charge in [0.25, 0.3) is 0 Å². The summed E-state index contributed by atoms with van der Waals surface area (Å²) in [7, 11) is 0. The predicted molar refractivity (Wildman–Crippen MR) is 109 cm³/mol. The van der Waals surface area contributed by atoms with Gasteiger partial charge in [-0.15, -0.1) is 0 Å². The third-order valence-electron chi connectivity index (χ3n) is 4.56. The first-order chi connectivity index (χ1) is 13.0. The Balaban J connectivity index is 1.71. The van der Waals surface area contributed by atoms with Crippen LogP contribution in [0.25, 0.3) is 16.7 Å². The molecule has 0 amide bonds. The minimum absolute atomic E-state index is 0.437. The van der Waals surface area contributed by atoms with Crippen molar-refractivity contribution in [2.45, 2.75) is 27.4 Å². The molecule has 4 aromatic rings. The van der Waals surface area contributed by atoms with Crippen LogP contribution < -0.4 is 4.74 Å². The summed E-state index contributed by atoms with van der Waals surface area (Å²) in [5.74, 6) is 0.586. The van der Waals surface area contributed by atoms with Crippen molar-refractivity contribution in [3.8, 4) is 11.6 Å². The molecular formula is C22H20ClN3O. The van der Waals surface area contributed by atoms with E-state index in [4.69, 9.17) is 26.4 Å². The highest BCUT2D eigenvalue weighted by atomic mass is 35.5. The molecule has 0 saturated heterocycles. The van der Waals surface area contributed by atoms with Crippen molar-refractivity contribution in [2.75, 3.05) is 0 Å². The second-order valence-electron chi connectivity index (χ2n) is 6.72. The number of nitrogens with zero attached hydrogens (tertiary/aromatic N) is 3. The number of ether oxygens (including phenoxy) is 1. The van der Waals surface area contributed by atoms with Crippen LogP contribution in [0.5, 0.6) is 5.88 Å². The first kappa shape index (κ1) is 17.6. The van der Waals surface area contributed by atoms with Crippen molar-refractivity contribution in [2.24, 2.45) is 0 Å². The summed E-state index contributed by atoms with van der Waals surface area (Å²) in [6, 6.07) is 17.8. The number of fused-ring (bicyclic) bond motifs is 1. The summed E-state index contributed by atoms with van der Waals surface area (Å²) >= 11 is 5.94. The van der Waals surface area contributed by atoms with Crippen LogP contribution in [0.1, 0.15) is 22.4 Å². The van der Waals surface area contributed by atoms with Gasteiger partial charge in [0.15, 0.2) is 5.65 Å². The Bertz CT molecular complexity index is 1100. The van der Waals surface area contributed by atoms with Crippen molar-refractivity contribution in [3.63, 3.8) is 0 Å². The number of benzene rings is 2. The van der Waals surface area contributed by atoms with Crippen molar-refractivity contribution < 1.29 is 4.74 Å². The molecule has 4 rings (SSSR count). The molecule has 0 N–H and O–H groups in total. The third-order valence-corrected chi connectivity index (χ3v) is 4.82. The molecule has 0 spiro atoms. The maximum atomic E-state index is 5.94. The molecule has 4 nitrogen and oxygen atoms in total. The van der Waals surface area contributed by atoms with Gasteiger partial charge in [-0.05, 0) is 56.2 Å². The number of aromatic nitrogens is 3. The number of halogens is 1. The van der Waals surface area contributed by atoms with Gasteiger partial charge in [-0.2, -0.15) is 10.1 Å². The fourth-order valence-corrected chi connectivity index (χ4v) is 3.28. The fraction of sp³-hybridized carbons (Fsp3) is 0.182. The molecule has 5 heteroatoms. The molecule has 2 aromatic carbocycles. The van der Waals surface area contributed by atoms with Crippen molar-refractivity contribution >= 4 is 22.6 Å². The van der Waals surface area contributed by atoms with Gasteiger partial charge in [-0.3, -0.25) is 0 Å². The Labute approximate surface area is 163 Å². The Hall–Kier alpha value is -2.85.